The van der Waals surface area contributed by atoms with Crippen LogP contribution in [0.1, 0.15) is 37.8 Å². The number of aliphatic imine (C=N–C) groups is 1. The van der Waals surface area contributed by atoms with Crippen molar-refractivity contribution < 1.29 is 0 Å². The largest absolute Gasteiger partial charge is 0.356 e. The van der Waals surface area contributed by atoms with Crippen molar-refractivity contribution in [2.45, 2.75) is 45.1 Å². The van der Waals surface area contributed by atoms with E-state index in [1.165, 1.54) is 29.0 Å². The first-order valence-electron chi connectivity index (χ1n) is 8.94. The SMILES string of the molecule is CCN(CC)CCCCNC(=NC)NCc1ccc(C)cc1SC.I. The van der Waals surface area contributed by atoms with E-state index in [0.29, 0.717) is 0 Å². The lowest BCUT2D eigenvalue weighted by atomic mass is 10.1. The molecule has 0 heterocycles. The number of nitrogens with zero attached hydrogens (tertiary/aromatic N) is 2. The van der Waals surface area contributed by atoms with Crippen molar-refractivity contribution in [3.8, 4) is 0 Å². The van der Waals surface area contributed by atoms with E-state index in [1.807, 2.05) is 7.05 Å². The lowest BCUT2D eigenvalue weighted by Crippen LogP contribution is -2.37. The number of guanidine groups is 1. The second-order valence-corrected chi connectivity index (χ2v) is 6.75. The van der Waals surface area contributed by atoms with Crippen molar-refractivity contribution in [1.29, 1.82) is 0 Å². The summed E-state index contributed by atoms with van der Waals surface area (Å²) in [4.78, 5) is 8.12. The first-order chi connectivity index (χ1) is 11.6. The van der Waals surface area contributed by atoms with E-state index < -0.39 is 0 Å². The molecule has 0 aromatic heterocycles. The molecule has 0 spiro atoms. The van der Waals surface area contributed by atoms with Crippen molar-refractivity contribution in [3.63, 3.8) is 0 Å². The normalized spacial score (nSPS) is 11.4. The Balaban J connectivity index is 0.00000576. The number of aryl methyl sites for hydroxylation is 1. The van der Waals surface area contributed by atoms with Crippen LogP contribution in [0, 0.1) is 6.92 Å². The molecule has 0 aliphatic rings. The van der Waals surface area contributed by atoms with E-state index in [2.05, 4.69) is 65.8 Å². The molecule has 6 heteroatoms. The van der Waals surface area contributed by atoms with E-state index in [-0.39, 0.29) is 24.0 Å². The van der Waals surface area contributed by atoms with Crippen LogP contribution in [0.5, 0.6) is 0 Å². The third-order valence-corrected chi connectivity index (χ3v) is 5.02. The number of thioether (sulfide) groups is 1. The van der Waals surface area contributed by atoms with Crippen LogP contribution in [0.25, 0.3) is 0 Å². The van der Waals surface area contributed by atoms with E-state index in [1.54, 1.807) is 11.8 Å². The maximum absolute atomic E-state index is 4.32. The molecule has 0 radical (unpaired) electrons. The summed E-state index contributed by atoms with van der Waals surface area (Å²) in [6.45, 7) is 11.8. The Morgan fingerprint density at radius 1 is 1.16 bits per heavy atom. The van der Waals surface area contributed by atoms with Crippen LogP contribution in [0.15, 0.2) is 28.1 Å². The number of rotatable bonds is 10. The molecule has 0 unspecified atom stereocenters. The molecule has 0 saturated heterocycles. The highest BCUT2D eigenvalue weighted by molar-refractivity contribution is 14.0. The Kier molecular flexibility index (Phi) is 14.4. The summed E-state index contributed by atoms with van der Waals surface area (Å²) in [6.07, 6.45) is 4.51. The van der Waals surface area contributed by atoms with Crippen molar-refractivity contribution in [1.82, 2.24) is 15.5 Å². The first kappa shape index (κ1) is 24.5. The summed E-state index contributed by atoms with van der Waals surface area (Å²) in [5.74, 6) is 0.880. The lowest BCUT2D eigenvalue weighted by Gasteiger charge is -2.18. The molecule has 144 valence electrons. The standard InChI is InChI=1S/C19H34N4S.HI/c1-6-23(7-2)13-9-8-12-21-19(20-4)22-15-17-11-10-16(3)14-18(17)24-5;/h10-11,14H,6-9,12-13,15H2,1-5H3,(H2,20,21,22);1H. The van der Waals surface area contributed by atoms with Gasteiger partial charge in [-0.2, -0.15) is 0 Å². The van der Waals surface area contributed by atoms with Gasteiger partial charge < -0.3 is 15.5 Å². The predicted molar refractivity (Wildman–Crippen MR) is 124 cm³/mol. The van der Waals surface area contributed by atoms with Gasteiger partial charge in [-0.3, -0.25) is 4.99 Å². The molecule has 4 nitrogen and oxygen atoms in total. The molecule has 0 amide bonds. The summed E-state index contributed by atoms with van der Waals surface area (Å²) >= 11 is 1.80. The zero-order chi connectivity index (χ0) is 17.8. The van der Waals surface area contributed by atoms with Gasteiger partial charge in [0.1, 0.15) is 0 Å². The molecular weight excluding hydrogens is 443 g/mol. The quantitative estimate of drug-likeness (QED) is 0.175. The van der Waals surface area contributed by atoms with Gasteiger partial charge in [0, 0.05) is 25.0 Å². The summed E-state index contributed by atoms with van der Waals surface area (Å²) in [5.41, 5.74) is 2.62. The second kappa shape index (κ2) is 14.7. The molecule has 0 fully saturated rings. The fourth-order valence-electron chi connectivity index (χ4n) is 2.60. The van der Waals surface area contributed by atoms with Gasteiger partial charge in [-0.25, -0.2) is 0 Å². The van der Waals surface area contributed by atoms with Gasteiger partial charge in [-0.15, -0.1) is 35.7 Å². The summed E-state index contributed by atoms with van der Waals surface area (Å²) < 4.78 is 0. The van der Waals surface area contributed by atoms with Gasteiger partial charge in [0.25, 0.3) is 0 Å². The molecule has 1 aromatic rings. The number of benzene rings is 1. The smallest absolute Gasteiger partial charge is 0.191 e. The maximum Gasteiger partial charge on any atom is 0.191 e. The Morgan fingerprint density at radius 3 is 2.48 bits per heavy atom. The highest BCUT2D eigenvalue weighted by atomic mass is 127. The van der Waals surface area contributed by atoms with Gasteiger partial charge in [0.2, 0.25) is 0 Å². The summed E-state index contributed by atoms with van der Waals surface area (Å²) in [5, 5.41) is 6.83. The zero-order valence-electron chi connectivity index (χ0n) is 16.4. The van der Waals surface area contributed by atoms with Crippen molar-refractivity contribution in [3.05, 3.63) is 29.3 Å². The van der Waals surface area contributed by atoms with Gasteiger partial charge >= 0.3 is 0 Å². The molecule has 0 atom stereocenters. The van der Waals surface area contributed by atoms with Crippen LogP contribution < -0.4 is 10.6 Å². The van der Waals surface area contributed by atoms with E-state index in [4.69, 9.17) is 0 Å². The average Bonchev–Trinajstić information content (AvgIpc) is 2.61. The van der Waals surface area contributed by atoms with Gasteiger partial charge in [0.15, 0.2) is 5.96 Å². The van der Waals surface area contributed by atoms with E-state index >= 15 is 0 Å². The second-order valence-electron chi connectivity index (χ2n) is 5.90. The lowest BCUT2D eigenvalue weighted by molar-refractivity contribution is 0.297. The van der Waals surface area contributed by atoms with Gasteiger partial charge in [-0.05, 0) is 62.8 Å². The topological polar surface area (TPSA) is 39.7 Å². The fraction of sp³-hybridized carbons (Fsp3) is 0.632. The minimum absolute atomic E-state index is 0. The maximum atomic E-state index is 4.32. The Morgan fingerprint density at radius 2 is 1.88 bits per heavy atom. The van der Waals surface area contributed by atoms with Crippen LogP contribution in [0.2, 0.25) is 0 Å². The van der Waals surface area contributed by atoms with Crippen LogP contribution in [-0.4, -0.2) is 50.3 Å². The predicted octanol–water partition coefficient (Wildman–Crippen LogP) is 4.12. The highest BCUT2D eigenvalue weighted by Gasteiger charge is 2.04. The monoisotopic (exact) mass is 478 g/mol. The number of hydrogen-bond acceptors (Lipinski definition) is 3. The third kappa shape index (κ3) is 9.70. The minimum Gasteiger partial charge on any atom is -0.356 e. The molecule has 25 heavy (non-hydrogen) atoms. The molecule has 0 bridgehead atoms. The van der Waals surface area contributed by atoms with E-state index in [9.17, 15) is 0 Å². The molecule has 1 rings (SSSR count). The molecular formula is C19H35IN4S. The van der Waals surface area contributed by atoms with E-state index in [0.717, 1.165) is 38.6 Å². The van der Waals surface area contributed by atoms with Crippen molar-refractivity contribution in [2.24, 2.45) is 4.99 Å². The van der Waals surface area contributed by atoms with Gasteiger partial charge in [-0.1, -0.05) is 26.0 Å². The van der Waals surface area contributed by atoms with Crippen LogP contribution in [-0.2, 0) is 6.54 Å². The number of nitrogens with one attached hydrogen (secondary N) is 2. The third-order valence-electron chi connectivity index (χ3n) is 4.20. The molecule has 0 aliphatic carbocycles. The Hall–Kier alpha value is -0.470. The molecule has 0 saturated carbocycles. The van der Waals surface area contributed by atoms with Crippen molar-refractivity contribution in [2.75, 3.05) is 39.5 Å². The minimum atomic E-state index is 0. The van der Waals surface area contributed by atoms with Crippen LogP contribution >= 0.6 is 35.7 Å². The number of hydrogen-bond donors (Lipinski definition) is 2. The Labute approximate surface area is 175 Å². The van der Waals surface area contributed by atoms with Gasteiger partial charge in [0.05, 0.1) is 0 Å². The molecule has 2 N–H and O–H groups in total. The zero-order valence-corrected chi connectivity index (χ0v) is 19.5. The first-order valence-corrected chi connectivity index (χ1v) is 10.2. The molecule has 1 aromatic carbocycles. The van der Waals surface area contributed by atoms with Crippen molar-refractivity contribution >= 4 is 41.7 Å². The summed E-state index contributed by atoms with van der Waals surface area (Å²) in [7, 11) is 1.83. The van der Waals surface area contributed by atoms with Crippen LogP contribution in [0.4, 0.5) is 0 Å². The number of halogens is 1. The average molecular weight is 478 g/mol. The summed E-state index contributed by atoms with van der Waals surface area (Å²) in [6, 6.07) is 6.61. The highest BCUT2D eigenvalue weighted by Crippen LogP contribution is 2.21. The number of unbranched alkanes of at least 4 members (excludes halogenated alkanes) is 1. The Bertz CT molecular complexity index is 504. The molecule has 0 aliphatic heterocycles. The van der Waals surface area contributed by atoms with Crippen LogP contribution in [0.3, 0.4) is 0 Å². The fourth-order valence-corrected chi connectivity index (χ4v) is 3.31.